The summed E-state index contributed by atoms with van der Waals surface area (Å²) >= 11 is 3.19. The maximum absolute atomic E-state index is 13.1. The number of hydrogen-bond donors (Lipinski definition) is 1. The number of hydrogen-bond acceptors (Lipinski definition) is 2. The van der Waals surface area contributed by atoms with Gasteiger partial charge >= 0.3 is 0 Å². The molecule has 0 fully saturated rings. The average Bonchev–Trinajstić information content (AvgIpc) is 2.26. The number of benzene rings is 2. The molecule has 0 bridgehead atoms. The second-order valence-electron chi connectivity index (χ2n) is 3.76. The van der Waals surface area contributed by atoms with Gasteiger partial charge in [-0.05, 0) is 57.9 Å². The van der Waals surface area contributed by atoms with Crippen LogP contribution in [0.1, 0.15) is 5.56 Å². The Balaban J connectivity index is 2.11. The van der Waals surface area contributed by atoms with Crippen molar-refractivity contribution in [3.63, 3.8) is 0 Å². The fourth-order valence-corrected chi connectivity index (χ4v) is 1.98. The van der Waals surface area contributed by atoms with Crippen LogP contribution in [0.15, 0.2) is 40.9 Å². The van der Waals surface area contributed by atoms with Gasteiger partial charge in [0.05, 0.1) is 4.47 Å². The molecular weight excluding hydrogens is 304 g/mol. The van der Waals surface area contributed by atoms with E-state index in [-0.39, 0.29) is 12.4 Å². The van der Waals surface area contributed by atoms with E-state index < -0.39 is 5.82 Å². The molecule has 0 aliphatic heterocycles. The maximum atomic E-state index is 13.1. The van der Waals surface area contributed by atoms with E-state index >= 15 is 0 Å². The Morgan fingerprint density at radius 1 is 1.06 bits per heavy atom. The third-order valence-corrected chi connectivity index (χ3v) is 2.89. The van der Waals surface area contributed by atoms with Crippen molar-refractivity contribution in [3.8, 4) is 5.75 Å². The quantitative estimate of drug-likeness (QED) is 0.873. The Morgan fingerprint density at radius 2 is 1.83 bits per heavy atom. The molecule has 5 heteroatoms. The molecule has 0 aliphatic carbocycles. The first kappa shape index (κ1) is 12.8. The lowest BCUT2D eigenvalue weighted by molar-refractivity contribution is 0.303. The minimum absolute atomic E-state index is 0.159. The van der Waals surface area contributed by atoms with E-state index in [2.05, 4.69) is 15.9 Å². The van der Waals surface area contributed by atoms with E-state index in [1.165, 1.54) is 30.3 Å². The molecule has 2 aromatic carbocycles. The van der Waals surface area contributed by atoms with Gasteiger partial charge in [0.2, 0.25) is 0 Å². The zero-order valence-corrected chi connectivity index (χ0v) is 10.9. The van der Waals surface area contributed by atoms with Crippen molar-refractivity contribution in [3.05, 3.63) is 58.1 Å². The number of ether oxygens (including phenoxy) is 1. The van der Waals surface area contributed by atoms with Crippen LogP contribution in [0.2, 0.25) is 0 Å². The van der Waals surface area contributed by atoms with Crippen molar-refractivity contribution in [2.75, 3.05) is 5.73 Å². The van der Waals surface area contributed by atoms with Crippen LogP contribution in [0.4, 0.5) is 14.5 Å². The van der Waals surface area contributed by atoms with Gasteiger partial charge in [-0.15, -0.1) is 0 Å². The summed E-state index contributed by atoms with van der Waals surface area (Å²) in [6, 6.07) is 8.29. The fourth-order valence-electron chi connectivity index (χ4n) is 1.51. The highest BCUT2D eigenvalue weighted by atomic mass is 79.9. The van der Waals surface area contributed by atoms with Crippen molar-refractivity contribution >= 4 is 21.6 Å². The van der Waals surface area contributed by atoms with Crippen molar-refractivity contribution in [1.82, 2.24) is 0 Å². The normalized spacial score (nSPS) is 10.4. The molecule has 0 saturated heterocycles. The van der Waals surface area contributed by atoms with Crippen molar-refractivity contribution < 1.29 is 13.5 Å². The molecule has 2 aromatic rings. The third kappa shape index (κ3) is 3.20. The molecule has 0 heterocycles. The van der Waals surface area contributed by atoms with Gasteiger partial charge in [-0.3, -0.25) is 0 Å². The van der Waals surface area contributed by atoms with E-state index in [4.69, 9.17) is 10.5 Å². The summed E-state index contributed by atoms with van der Waals surface area (Å²) < 4.78 is 31.9. The first-order valence-electron chi connectivity index (χ1n) is 5.17. The first-order chi connectivity index (χ1) is 8.54. The molecule has 2 rings (SSSR count). The molecule has 0 aromatic heterocycles. The molecule has 0 saturated carbocycles. The van der Waals surface area contributed by atoms with Gasteiger partial charge in [0.25, 0.3) is 0 Å². The fraction of sp³-hybridized carbons (Fsp3) is 0.0769. The minimum atomic E-state index is -0.410. The van der Waals surface area contributed by atoms with Gasteiger partial charge in [-0.2, -0.15) is 0 Å². The monoisotopic (exact) mass is 313 g/mol. The summed E-state index contributed by atoms with van der Waals surface area (Å²) in [5.74, 6) is -0.282. The number of halogens is 3. The Labute approximate surface area is 112 Å². The lowest BCUT2D eigenvalue weighted by Gasteiger charge is -2.09. The van der Waals surface area contributed by atoms with Crippen molar-refractivity contribution in [1.29, 1.82) is 0 Å². The maximum Gasteiger partial charge on any atom is 0.134 e. The van der Waals surface area contributed by atoms with Crippen LogP contribution in [0, 0.1) is 11.6 Å². The highest BCUT2D eigenvalue weighted by Gasteiger charge is 2.04. The molecule has 0 aliphatic rings. The van der Waals surface area contributed by atoms with Crippen LogP contribution in [-0.2, 0) is 6.61 Å². The van der Waals surface area contributed by atoms with E-state index in [1.54, 1.807) is 6.07 Å². The first-order valence-corrected chi connectivity index (χ1v) is 5.97. The molecule has 0 amide bonds. The number of nitrogen functional groups attached to an aromatic ring is 1. The van der Waals surface area contributed by atoms with Crippen LogP contribution in [0.3, 0.4) is 0 Å². The molecular formula is C13H10BrF2NO. The van der Waals surface area contributed by atoms with Gasteiger partial charge in [0.1, 0.15) is 24.0 Å². The third-order valence-electron chi connectivity index (χ3n) is 2.27. The molecule has 0 radical (unpaired) electrons. The standard InChI is InChI=1S/C13H10BrF2NO/c14-12-6-9(15)1-2-13(12)18-7-8-3-10(16)5-11(17)4-8/h1-6H,7,17H2. The summed E-state index contributed by atoms with van der Waals surface area (Å²) in [6.07, 6.45) is 0. The van der Waals surface area contributed by atoms with Crippen LogP contribution >= 0.6 is 15.9 Å². The molecule has 18 heavy (non-hydrogen) atoms. The number of rotatable bonds is 3. The number of anilines is 1. The van der Waals surface area contributed by atoms with Gasteiger partial charge in [-0.1, -0.05) is 0 Å². The minimum Gasteiger partial charge on any atom is -0.488 e. The van der Waals surface area contributed by atoms with E-state index in [9.17, 15) is 8.78 Å². The van der Waals surface area contributed by atoms with Crippen LogP contribution < -0.4 is 10.5 Å². The molecule has 2 N–H and O–H groups in total. The molecule has 0 unspecified atom stereocenters. The molecule has 0 atom stereocenters. The van der Waals surface area contributed by atoms with Crippen LogP contribution in [0.5, 0.6) is 5.75 Å². The van der Waals surface area contributed by atoms with Gasteiger partial charge in [-0.25, -0.2) is 8.78 Å². The second-order valence-corrected chi connectivity index (χ2v) is 4.61. The summed E-state index contributed by atoms with van der Waals surface area (Å²) in [5, 5.41) is 0. The molecule has 94 valence electrons. The zero-order valence-electron chi connectivity index (χ0n) is 9.29. The molecule has 2 nitrogen and oxygen atoms in total. The van der Waals surface area contributed by atoms with Crippen molar-refractivity contribution in [2.45, 2.75) is 6.61 Å². The van der Waals surface area contributed by atoms with Crippen LogP contribution in [-0.4, -0.2) is 0 Å². The summed E-state index contributed by atoms with van der Waals surface area (Å²) in [4.78, 5) is 0. The predicted octanol–water partition coefficient (Wildman–Crippen LogP) is 3.89. The van der Waals surface area contributed by atoms with Gasteiger partial charge < -0.3 is 10.5 Å². The largest absolute Gasteiger partial charge is 0.488 e. The predicted molar refractivity (Wildman–Crippen MR) is 69.2 cm³/mol. The van der Waals surface area contributed by atoms with E-state index in [1.807, 2.05) is 0 Å². The Morgan fingerprint density at radius 3 is 2.50 bits per heavy atom. The summed E-state index contributed by atoms with van der Waals surface area (Å²) in [5.41, 5.74) is 6.48. The SMILES string of the molecule is Nc1cc(F)cc(COc2ccc(F)cc2Br)c1. The van der Waals surface area contributed by atoms with E-state index in [0.717, 1.165) is 0 Å². The zero-order chi connectivity index (χ0) is 13.1. The lowest BCUT2D eigenvalue weighted by Crippen LogP contribution is -1.98. The van der Waals surface area contributed by atoms with Gasteiger partial charge in [0, 0.05) is 5.69 Å². The molecule has 0 spiro atoms. The van der Waals surface area contributed by atoms with Gasteiger partial charge in [0.15, 0.2) is 0 Å². The van der Waals surface area contributed by atoms with E-state index in [0.29, 0.717) is 21.5 Å². The summed E-state index contributed by atoms with van der Waals surface area (Å²) in [6.45, 7) is 0.159. The Kier molecular flexibility index (Phi) is 3.81. The summed E-state index contributed by atoms with van der Waals surface area (Å²) in [7, 11) is 0. The van der Waals surface area contributed by atoms with Crippen molar-refractivity contribution in [2.24, 2.45) is 0 Å². The smallest absolute Gasteiger partial charge is 0.134 e. The van der Waals surface area contributed by atoms with Crippen LogP contribution in [0.25, 0.3) is 0 Å². The second kappa shape index (κ2) is 5.35. The highest BCUT2D eigenvalue weighted by molar-refractivity contribution is 9.10. The Bertz CT molecular complexity index is 555. The Hall–Kier alpha value is -1.62. The average molecular weight is 314 g/mol. The number of nitrogens with two attached hydrogens (primary N) is 1. The lowest BCUT2D eigenvalue weighted by atomic mass is 10.2. The highest BCUT2D eigenvalue weighted by Crippen LogP contribution is 2.26. The topological polar surface area (TPSA) is 35.2 Å².